The second-order valence-corrected chi connectivity index (χ2v) is 5.28. The third-order valence-electron chi connectivity index (χ3n) is 3.72. The van der Waals surface area contributed by atoms with E-state index in [-0.39, 0.29) is 12.5 Å². The maximum Gasteiger partial charge on any atom is 0.417 e. The van der Waals surface area contributed by atoms with E-state index in [1.807, 2.05) is 4.90 Å². The van der Waals surface area contributed by atoms with E-state index in [0.29, 0.717) is 32.0 Å². The summed E-state index contributed by atoms with van der Waals surface area (Å²) in [5.74, 6) is 0.359. The molecule has 3 rings (SSSR count). The van der Waals surface area contributed by atoms with E-state index in [0.717, 1.165) is 12.3 Å². The lowest BCUT2D eigenvalue weighted by atomic mass is 10.2. The molecule has 8 nitrogen and oxygen atoms in total. The highest BCUT2D eigenvalue weighted by Crippen LogP contribution is 2.29. The summed E-state index contributed by atoms with van der Waals surface area (Å²) in [4.78, 5) is 19.5. The van der Waals surface area contributed by atoms with Crippen LogP contribution in [0.2, 0.25) is 0 Å². The molecule has 2 aromatic heterocycles. The number of piperazine rings is 1. The standard InChI is InChI=1S/C13H14F3N7O/c14-13(15,16)10-1-2-11(17-7-10)21-3-5-22(6-4-21)12(24)8-23-9-18-19-20-23/h1-2,7,9H,3-6,8H2. The minimum atomic E-state index is -4.40. The lowest BCUT2D eigenvalue weighted by molar-refractivity contribution is -0.138. The summed E-state index contributed by atoms with van der Waals surface area (Å²) in [5.41, 5.74) is -0.776. The number of carbonyl (C=O) groups is 1. The Kier molecular flexibility index (Phi) is 4.32. The predicted octanol–water partition coefficient (Wildman–Crippen LogP) is 0.436. The highest BCUT2D eigenvalue weighted by atomic mass is 19.4. The van der Waals surface area contributed by atoms with Gasteiger partial charge in [-0.15, -0.1) is 5.10 Å². The largest absolute Gasteiger partial charge is 0.417 e. The molecule has 2 aromatic rings. The highest BCUT2D eigenvalue weighted by Gasteiger charge is 2.31. The van der Waals surface area contributed by atoms with Gasteiger partial charge in [0.05, 0.1) is 5.56 Å². The lowest BCUT2D eigenvalue weighted by Crippen LogP contribution is -2.49. The number of nitrogens with zero attached hydrogens (tertiary/aromatic N) is 7. The van der Waals surface area contributed by atoms with E-state index in [1.54, 1.807) is 4.90 Å². The summed E-state index contributed by atoms with van der Waals surface area (Å²) in [7, 11) is 0. The number of rotatable bonds is 3. The first kappa shape index (κ1) is 16.1. The van der Waals surface area contributed by atoms with Crippen molar-refractivity contribution in [3.63, 3.8) is 0 Å². The quantitative estimate of drug-likeness (QED) is 0.806. The Morgan fingerprint density at radius 2 is 1.92 bits per heavy atom. The van der Waals surface area contributed by atoms with Gasteiger partial charge in [0, 0.05) is 32.4 Å². The molecule has 0 saturated carbocycles. The smallest absolute Gasteiger partial charge is 0.353 e. The molecule has 0 atom stereocenters. The number of tetrazole rings is 1. The van der Waals surface area contributed by atoms with Gasteiger partial charge in [0.1, 0.15) is 18.7 Å². The number of pyridine rings is 1. The fourth-order valence-corrected chi connectivity index (χ4v) is 2.42. The van der Waals surface area contributed by atoms with E-state index in [9.17, 15) is 18.0 Å². The fraction of sp³-hybridized carbons (Fsp3) is 0.462. The molecule has 0 unspecified atom stereocenters. The summed E-state index contributed by atoms with van der Waals surface area (Å²) in [6.45, 7) is 1.98. The minimum Gasteiger partial charge on any atom is -0.353 e. The van der Waals surface area contributed by atoms with Gasteiger partial charge in [-0.3, -0.25) is 4.79 Å². The van der Waals surface area contributed by atoms with Gasteiger partial charge in [-0.2, -0.15) is 13.2 Å². The number of amides is 1. The summed E-state index contributed by atoms with van der Waals surface area (Å²) in [6, 6.07) is 2.36. The molecule has 128 valence electrons. The first-order valence-corrected chi connectivity index (χ1v) is 7.20. The third-order valence-corrected chi connectivity index (χ3v) is 3.72. The average molecular weight is 341 g/mol. The lowest BCUT2D eigenvalue weighted by Gasteiger charge is -2.35. The van der Waals surface area contributed by atoms with Crippen LogP contribution < -0.4 is 4.90 Å². The SMILES string of the molecule is O=C(Cn1cnnn1)N1CCN(c2ccc(C(F)(F)F)cn2)CC1. The number of aromatic nitrogens is 5. The Hall–Kier alpha value is -2.72. The van der Waals surface area contributed by atoms with Crippen LogP contribution in [-0.4, -0.2) is 62.2 Å². The van der Waals surface area contributed by atoms with Crippen LogP contribution in [0.1, 0.15) is 5.56 Å². The summed E-state index contributed by atoms with van der Waals surface area (Å²) in [5, 5.41) is 10.6. The number of halogens is 3. The van der Waals surface area contributed by atoms with Crippen LogP contribution in [-0.2, 0) is 17.5 Å². The van der Waals surface area contributed by atoms with E-state index < -0.39 is 11.7 Å². The van der Waals surface area contributed by atoms with Gasteiger partial charge in [0.15, 0.2) is 0 Å². The molecule has 1 aliphatic rings. The normalized spacial score (nSPS) is 15.6. The van der Waals surface area contributed by atoms with E-state index in [4.69, 9.17) is 0 Å². The number of hydrogen-bond donors (Lipinski definition) is 0. The molecule has 24 heavy (non-hydrogen) atoms. The zero-order valence-electron chi connectivity index (χ0n) is 12.5. The molecule has 11 heteroatoms. The van der Waals surface area contributed by atoms with Crippen molar-refractivity contribution in [3.05, 3.63) is 30.2 Å². The maximum atomic E-state index is 12.5. The van der Waals surface area contributed by atoms with Crippen LogP contribution in [0.5, 0.6) is 0 Å². The molecule has 0 aliphatic carbocycles. The van der Waals surface area contributed by atoms with Crippen LogP contribution in [0.4, 0.5) is 19.0 Å². The average Bonchev–Trinajstić information content (AvgIpc) is 3.07. The van der Waals surface area contributed by atoms with Crippen molar-refractivity contribution in [2.75, 3.05) is 31.1 Å². The van der Waals surface area contributed by atoms with Gasteiger partial charge in [-0.05, 0) is 22.6 Å². The molecule has 1 amide bonds. The van der Waals surface area contributed by atoms with E-state index >= 15 is 0 Å². The Bertz CT molecular complexity index is 679. The second-order valence-electron chi connectivity index (χ2n) is 5.28. The van der Waals surface area contributed by atoms with Gasteiger partial charge in [-0.25, -0.2) is 9.67 Å². The van der Waals surface area contributed by atoms with E-state index in [2.05, 4.69) is 20.5 Å². The zero-order chi connectivity index (χ0) is 17.2. The second kappa shape index (κ2) is 6.42. The first-order chi connectivity index (χ1) is 11.4. The highest BCUT2D eigenvalue weighted by molar-refractivity contribution is 5.76. The molecular formula is C13H14F3N7O. The Balaban J connectivity index is 1.56. The third kappa shape index (κ3) is 3.60. The summed E-state index contributed by atoms with van der Waals surface area (Å²) >= 11 is 0. The minimum absolute atomic E-state index is 0.0610. The van der Waals surface area contributed by atoms with Gasteiger partial charge in [0.2, 0.25) is 5.91 Å². The first-order valence-electron chi connectivity index (χ1n) is 7.20. The molecule has 0 N–H and O–H groups in total. The Morgan fingerprint density at radius 3 is 2.46 bits per heavy atom. The molecular weight excluding hydrogens is 327 g/mol. The summed E-state index contributed by atoms with van der Waals surface area (Å²) < 4.78 is 39.0. The Labute approximate surface area is 134 Å². The van der Waals surface area contributed by atoms with Crippen molar-refractivity contribution in [2.45, 2.75) is 12.7 Å². The molecule has 1 aliphatic heterocycles. The maximum absolute atomic E-state index is 12.5. The summed E-state index contributed by atoms with van der Waals surface area (Å²) in [6.07, 6.45) is -2.21. The van der Waals surface area contributed by atoms with Crippen molar-refractivity contribution < 1.29 is 18.0 Å². The van der Waals surface area contributed by atoms with Crippen LogP contribution in [0.15, 0.2) is 24.7 Å². The van der Waals surface area contributed by atoms with Crippen LogP contribution in [0.25, 0.3) is 0 Å². The van der Waals surface area contributed by atoms with Crippen LogP contribution in [0, 0.1) is 0 Å². The molecule has 0 aromatic carbocycles. The van der Waals surface area contributed by atoms with Gasteiger partial charge in [0.25, 0.3) is 0 Å². The van der Waals surface area contributed by atoms with Crippen molar-refractivity contribution in [1.82, 2.24) is 30.1 Å². The zero-order valence-corrected chi connectivity index (χ0v) is 12.5. The van der Waals surface area contributed by atoms with Crippen molar-refractivity contribution in [3.8, 4) is 0 Å². The molecule has 0 radical (unpaired) electrons. The van der Waals surface area contributed by atoms with Crippen molar-refractivity contribution in [1.29, 1.82) is 0 Å². The fourth-order valence-electron chi connectivity index (χ4n) is 2.42. The predicted molar refractivity (Wildman–Crippen MR) is 75.8 cm³/mol. The molecule has 0 spiro atoms. The Morgan fingerprint density at radius 1 is 1.17 bits per heavy atom. The number of alkyl halides is 3. The van der Waals surface area contributed by atoms with Crippen LogP contribution in [0.3, 0.4) is 0 Å². The topological polar surface area (TPSA) is 80.0 Å². The number of hydrogen-bond acceptors (Lipinski definition) is 6. The molecule has 1 fully saturated rings. The molecule has 3 heterocycles. The van der Waals surface area contributed by atoms with Gasteiger partial charge < -0.3 is 9.80 Å². The van der Waals surface area contributed by atoms with Crippen molar-refractivity contribution in [2.24, 2.45) is 0 Å². The van der Waals surface area contributed by atoms with Crippen molar-refractivity contribution >= 4 is 11.7 Å². The van der Waals surface area contributed by atoms with E-state index in [1.165, 1.54) is 17.1 Å². The number of anilines is 1. The monoisotopic (exact) mass is 341 g/mol. The van der Waals surface area contributed by atoms with Gasteiger partial charge >= 0.3 is 6.18 Å². The number of carbonyl (C=O) groups excluding carboxylic acids is 1. The van der Waals surface area contributed by atoms with Gasteiger partial charge in [-0.1, -0.05) is 0 Å². The molecule has 0 bridgehead atoms. The van der Waals surface area contributed by atoms with Crippen LogP contribution >= 0.6 is 0 Å². The molecule has 1 saturated heterocycles.